The number of nitrogens with zero attached hydrogens (tertiary/aromatic N) is 2. The van der Waals surface area contributed by atoms with E-state index < -0.39 is 0 Å². The first-order valence-corrected chi connectivity index (χ1v) is 10.2. The average molecular weight is 380 g/mol. The van der Waals surface area contributed by atoms with Crippen LogP contribution in [0.2, 0.25) is 0 Å². The van der Waals surface area contributed by atoms with Gasteiger partial charge in [-0.1, -0.05) is 12.5 Å². The van der Waals surface area contributed by atoms with E-state index in [4.69, 9.17) is 0 Å². The summed E-state index contributed by atoms with van der Waals surface area (Å²) in [7, 11) is 0. The fourth-order valence-electron chi connectivity index (χ4n) is 5.02. The highest BCUT2D eigenvalue weighted by Crippen LogP contribution is 2.53. The molecule has 4 nitrogen and oxygen atoms in total. The van der Waals surface area contributed by atoms with Gasteiger partial charge >= 0.3 is 0 Å². The molecule has 28 heavy (non-hydrogen) atoms. The number of aliphatic hydroxyl groups is 1. The molecule has 0 unspecified atom stereocenters. The van der Waals surface area contributed by atoms with Crippen LogP contribution in [0.1, 0.15) is 48.0 Å². The van der Waals surface area contributed by atoms with E-state index in [-0.39, 0.29) is 23.2 Å². The minimum Gasteiger partial charge on any atom is -0.393 e. The lowest BCUT2D eigenvalue weighted by Crippen LogP contribution is -2.41. The van der Waals surface area contributed by atoms with E-state index in [1.807, 2.05) is 30.3 Å². The topological polar surface area (TPSA) is 43.8 Å². The Balaban J connectivity index is 1.39. The number of carbonyl (C=O) groups excluding carboxylic acids is 1. The zero-order valence-electron chi connectivity index (χ0n) is 15.9. The van der Waals surface area contributed by atoms with Gasteiger partial charge in [0.25, 0.3) is 5.91 Å². The highest BCUT2D eigenvalue weighted by molar-refractivity contribution is 6.08. The molecule has 5 heteroatoms. The van der Waals surface area contributed by atoms with Crippen LogP contribution in [-0.4, -0.2) is 36.8 Å². The van der Waals surface area contributed by atoms with Crippen LogP contribution in [0.3, 0.4) is 0 Å². The second-order valence-corrected chi connectivity index (χ2v) is 8.42. The van der Waals surface area contributed by atoms with Crippen molar-refractivity contribution in [1.29, 1.82) is 0 Å². The molecule has 1 spiro atoms. The minimum atomic E-state index is -0.202. The molecule has 2 fully saturated rings. The summed E-state index contributed by atoms with van der Waals surface area (Å²) < 4.78 is 14.6. The summed E-state index contributed by atoms with van der Waals surface area (Å²) in [6.07, 6.45) is 4.34. The lowest BCUT2D eigenvalue weighted by molar-refractivity contribution is 0.0979. The van der Waals surface area contributed by atoms with E-state index in [9.17, 15) is 14.3 Å². The maximum absolute atomic E-state index is 14.6. The van der Waals surface area contributed by atoms with Crippen molar-refractivity contribution in [1.82, 2.24) is 0 Å². The number of carbonyl (C=O) groups is 1. The molecule has 2 aliphatic heterocycles. The Morgan fingerprint density at radius 3 is 2.43 bits per heavy atom. The van der Waals surface area contributed by atoms with Crippen molar-refractivity contribution in [2.75, 3.05) is 29.4 Å². The van der Waals surface area contributed by atoms with Crippen LogP contribution in [0.4, 0.5) is 15.8 Å². The molecule has 1 aliphatic carbocycles. The normalized spacial score (nSPS) is 20.9. The van der Waals surface area contributed by atoms with Gasteiger partial charge in [-0.15, -0.1) is 0 Å². The molecule has 3 aliphatic rings. The summed E-state index contributed by atoms with van der Waals surface area (Å²) >= 11 is 0. The van der Waals surface area contributed by atoms with Crippen molar-refractivity contribution >= 4 is 17.3 Å². The molecular formula is C23H25FN2O2. The fourth-order valence-corrected chi connectivity index (χ4v) is 5.02. The van der Waals surface area contributed by atoms with Crippen LogP contribution in [-0.2, 0) is 5.41 Å². The number of fused-ring (bicyclic) bond motifs is 2. The van der Waals surface area contributed by atoms with Gasteiger partial charge in [0.15, 0.2) is 0 Å². The third kappa shape index (κ3) is 2.72. The Bertz CT molecular complexity index is 899. The highest BCUT2D eigenvalue weighted by atomic mass is 19.1. The molecule has 1 saturated carbocycles. The Morgan fingerprint density at radius 1 is 1.07 bits per heavy atom. The van der Waals surface area contributed by atoms with Crippen molar-refractivity contribution in [3.63, 3.8) is 0 Å². The number of hydrogen-bond acceptors (Lipinski definition) is 3. The summed E-state index contributed by atoms with van der Waals surface area (Å²) in [5.41, 5.74) is 2.99. The molecule has 2 aromatic carbocycles. The molecule has 5 rings (SSSR count). The van der Waals surface area contributed by atoms with Gasteiger partial charge in [-0.05, 0) is 62.1 Å². The van der Waals surface area contributed by atoms with Crippen LogP contribution < -0.4 is 9.80 Å². The quantitative estimate of drug-likeness (QED) is 0.860. The summed E-state index contributed by atoms with van der Waals surface area (Å²) in [6, 6.07) is 12.8. The van der Waals surface area contributed by atoms with Crippen LogP contribution in [0, 0.1) is 5.82 Å². The maximum Gasteiger partial charge on any atom is 0.258 e. The monoisotopic (exact) mass is 380 g/mol. The lowest BCUT2D eigenvalue weighted by Gasteiger charge is -2.39. The Labute approximate surface area is 164 Å². The Morgan fingerprint density at radius 2 is 1.79 bits per heavy atom. The molecule has 2 heterocycles. The van der Waals surface area contributed by atoms with Gasteiger partial charge in [-0.25, -0.2) is 4.39 Å². The highest BCUT2D eigenvalue weighted by Gasteiger charge is 2.50. The van der Waals surface area contributed by atoms with E-state index in [0.717, 1.165) is 62.1 Å². The molecule has 1 saturated heterocycles. The number of hydrogen-bond donors (Lipinski definition) is 1. The predicted molar refractivity (Wildman–Crippen MR) is 108 cm³/mol. The number of halogens is 1. The molecule has 0 bridgehead atoms. The zero-order valence-corrected chi connectivity index (χ0v) is 15.9. The van der Waals surface area contributed by atoms with E-state index in [2.05, 4.69) is 4.90 Å². The van der Waals surface area contributed by atoms with Crippen molar-refractivity contribution in [2.24, 2.45) is 0 Å². The summed E-state index contributed by atoms with van der Waals surface area (Å²) in [5, 5.41) is 9.68. The van der Waals surface area contributed by atoms with E-state index >= 15 is 0 Å². The predicted octanol–water partition coefficient (Wildman–Crippen LogP) is 3.87. The van der Waals surface area contributed by atoms with Gasteiger partial charge in [0, 0.05) is 41.9 Å². The zero-order chi connectivity index (χ0) is 19.3. The Kier molecular flexibility index (Phi) is 4.16. The fraction of sp³-hybridized carbons (Fsp3) is 0.435. The SMILES string of the molecule is O=C(c1ccc(N2CCC(O)CC2)cc1)N1CC2(CCC2)c2c(F)cccc21. The molecule has 0 aromatic heterocycles. The first-order chi connectivity index (χ1) is 13.6. The number of benzene rings is 2. The van der Waals surface area contributed by atoms with Crippen molar-refractivity contribution in [2.45, 2.75) is 43.6 Å². The third-order valence-corrected chi connectivity index (χ3v) is 6.77. The van der Waals surface area contributed by atoms with Gasteiger partial charge in [0.2, 0.25) is 0 Å². The van der Waals surface area contributed by atoms with Crippen molar-refractivity contribution in [3.8, 4) is 0 Å². The molecule has 0 radical (unpaired) electrons. The summed E-state index contributed by atoms with van der Waals surface area (Å²) in [5.74, 6) is -0.244. The van der Waals surface area contributed by atoms with Crippen molar-refractivity contribution in [3.05, 3.63) is 59.4 Å². The number of amides is 1. The number of anilines is 2. The van der Waals surface area contributed by atoms with E-state index in [1.54, 1.807) is 11.0 Å². The van der Waals surface area contributed by atoms with Gasteiger partial charge in [-0.3, -0.25) is 4.79 Å². The van der Waals surface area contributed by atoms with E-state index in [0.29, 0.717) is 12.1 Å². The molecule has 1 N–H and O–H groups in total. The Hall–Kier alpha value is -2.40. The maximum atomic E-state index is 14.6. The van der Waals surface area contributed by atoms with Gasteiger partial charge in [-0.2, -0.15) is 0 Å². The average Bonchev–Trinajstić information content (AvgIpc) is 3.06. The second kappa shape index (κ2) is 6.59. The van der Waals surface area contributed by atoms with Gasteiger partial charge in [0.1, 0.15) is 5.82 Å². The lowest BCUT2D eigenvalue weighted by atomic mass is 9.65. The first kappa shape index (κ1) is 17.7. The van der Waals surface area contributed by atoms with Crippen LogP contribution in [0.15, 0.2) is 42.5 Å². The molecule has 1 amide bonds. The van der Waals surface area contributed by atoms with Crippen LogP contribution >= 0.6 is 0 Å². The third-order valence-electron chi connectivity index (χ3n) is 6.77. The number of piperidine rings is 1. The van der Waals surface area contributed by atoms with E-state index in [1.165, 1.54) is 6.07 Å². The molecule has 0 atom stereocenters. The molecular weight excluding hydrogens is 355 g/mol. The molecule has 146 valence electrons. The summed E-state index contributed by atoms with van der Waals surface area (Å²) in [4.78, 5) is 17.2. The first-order valence-electron chi connectivity index (χ1n) is 10.2. The molecule has 2 aromatic rings. The van der Waals surface area contributed by atoms with Crippen LogP contribution in [0.25, 0.3) is 0 Å². The standard InChI is InChI=1S/C23H25FN2O2/c24-19-3-1-4-20-21(19)23(11-2-12-23)15-26(20)22(28)16-5-7-17(8-6-16)25-13-9-18(27)10-14-25/h1,3-8,18,27H,2,9-15H2. The number of aliphatic hydroxyl groups excluding tert-OH is 1. The van der Waals surface area contributed by atoms with Gasteiger partial charge in [0.05, 0.1) is 11.8 Å². The van der Waals surface area contributed by atoms with Crippen molar-refractivity contribution < 1.29 is 14.3 Å². The number of rotatable bonds is 2. The second-order valence-electron chi connectivity index (χ2n) is 8.42. The van der Waals surface area contributed by atoms with Gasteiger partial charge < -0.3 is 14.9 Å². The minimum absolute atomic E-state index is 0.0590. The van der Waals surface area contributed by atoms with Crippen LogP contribution in [0.5, 0.6) is 0 Å². The summed E-state index contributed by atoms with van der Waals surface area (Å²) in [6.45, 7) is 2.24. The largest absolute Gasteiger partial charge is 0.393 e. The smallest absolute Gasteiger partial charge is 0.258 e.